The van der Waals surface area contributed by atoms with E-state index in [9.17, 15) is 0 Å². The fraction of sp³-hybridized carbons (Fsp3) is 0.500. The summed E-state index contributed by atoms with van der Waals surface area (Å²) in [6, 6.07) is 9.79. The Labute approximate surface area is 201 Å². The maximum Gasteiger partial charge on any atom is 0.195 e. The summed E-state index contributed by atoms with van der Waals surface area (Å²) in [5, 5.41) is 6.66. The predicted molar refractivity (Wildman–Crippen MR) is 133 cm³/mol. The Morgan fingerprint density at radius 2 is 1.87 bits per heavy atom. The predicted octanol–water partition coefficient (Wildman–Crippen LogP) is 3.67. The van der Waals surface area contributed by atoms with Gasteiger partial charge in [0.2, 0.25) is 0 Å². The van der Waals surface area contributed by atoms with E-state index in [1.807, 2.05) is 44.2 Å². The summed E-state index contributed by atoms with van der Waals surface area (Å²) in [7, 11) is 3.25. The Morgan fingerprint density at radius 1 is 1.13 bits per heavy atom. The van der Waals surface area contributed by atoms with Gasteiger partial charge in [-0.3, -0.25) is 9.89 Å². The van der Waals surface area contributed by atoms with Crippen molar-refractivity contribution >= 4 is 35.6 Å². The second kappa shape index (κ2) is 12.8. The molecule has 1 saturated heterocycles. The van der Waals surface area contributed by atoms with Crippen LogP contribution in [-0.4, -0.2) is 64.5 Å². The molecule has 0 amide bonds. The minimum absolute atomic E-state index is 0. The zero-order valence-electron chi connectivity index (χ0n) is 18.6. The number of benzene rings is 1. The number of nitrogens with zero attached hydrogens (tertiary/aromatic N) is 2. The first-order valence-corrected chi connectivity index (χ1v) is 10.3. The standard InChI is InChI=1S/C22H32N4O4.HI/c1-5-23-22(25-17-7-9-20(27-3)21(14-17)28-4)24-15-18(19-8-6-16(2)30-19)26-10-12-29-13-11-26;/h6-9,14,18H,5,10-13,15H2,1-4H3,(H2,23,24,25);1H. The third-order valence-electron chi connectivity index (χ3n) is 4.99. The summed E-state index contributed by atoms with van der Waals surface area (Å²) >= 11 is 0. The summed E-state index contributed by atoms with van der Waals surface area (Å²) in [6.45, 7) is 8.50. The Hall–Kier alpha value is -1.98. The molecule has 0 saturated carbocycles. The molecule has 0 aliphatic carbocycles. The highest BCUT2D eigenvalue weighted by molar-refractivity contribution is 14.0. The molecule has 0 bridgehead atoms. The van der Waals surface area contributed by atoms with Crippen LogP contribution in [0.15, 0.2) is 39.7 Å². The summed E-state index contributed by atoms with van der Waals surface area (Å²) in [4.78, 5) is 7.21. The van der Waals surface area contributed by atoms with Gasteiger partial charge in [-0.05, 0) is 38.1 Å². The van der Waals surface area contributed by atoms with Gasteiger partial charge in [-0.1, -0.05) is 0 Å². The topological polar surface area (TPSA) is 80.5 Å². The highest BCUT2D eigenvalue weighted by atomic mass is 127. The average Bonchev–Trinajstić information content (AvgIpc) is 3.20. The minimum Gasteiger partial charge on any atom is -0.493 e. The SMILES string of the molecule is CCNC(=NCC(c1ccc(C)o1)N1CCOCC1)Nc1ccc(OC)c(OC)c1.I. The molecule has 9 heteroatoms. The number of halogens is 1. The van der Waals surface area contributed by atoms with Crippen LogP contribution in [0.4, 0.5) is 5.69 Å². The smallest absolute Gasteiger partial charge is 0.195 e. The monoisotopic (exact) mass is 544 g/mol. The van der Waals surface area contributed by atoms with Gasteiger partial charge in [0.1, 0.15) is 11.5 Å². The average molecular weight is 544 g/mol. The third kappa shape index (κ3) is 7.01. The zero-order chi connectivity index (χ0) is 21.3. The number of hydrogen-bond donors (Lipinski definition) is 2. The van der Waals surface area contributed by atoms with Crippen LogP contribution in [0.25, 0.3) is 0 Å². The van der Waals surface area contributed by atoms with Crippen LogP contribution in [0.2, 0.25) is 0 Å². The van der Waals surface area contributed by atoms with E-state index >= 15 is 0 Å². The number of aryl methyl sites for hydroxylation is 1. The van der Waals surface area contributed by atoms with Gasteiger partial charge in [-0.15, -0.1) is 24.0 Å². The molecule has 1 unspecified atom stereocenters. The van der Waals surface area contributed by atoms with Gasteiger partial charge in [-0.2, -0.15) is 0 Å². The van der Waals surface area contributed by atoms with Crippen LogP contribution < -0.4 is 20.1 Å². The van der Waals surface area contributed by atoms with E-state index in [1.165, 1.54) is 0 Å². The molecule has 2 heterocycles. The van der Waals surface area contributed by atoms with Crippen molar-refractivity contribution in [3.8, 4) is 11.5 Å². The molecule has 1 aliphatic rings. The summed E-state index contributed by atoms with van der Waals surface area (Å²) in [5.74, 6) is 3.88. The Kier molecular flexibility index (Phi) is 10.4. The molecule has 172 valence electrons. The highest BCUT2D eigenvalue weighted by Gasteiger charge is 2.25. The van der Waals surface area contributed by atoms with Gasteiger partial charge < -0.3 is 29.3 Å². The number of aliphatic imine (C=N–C) groups is 1. The van der Waals surface area contributed by atoms with Gasteiger partial charge >= 0.3 is 0 Å². The number of rotatable bonds is 8. The molecule has 1 fully saturated rings. The van der Waals surface area contributed by atoms with E-state index in [4.69, 9.17) is 23.6 Å². The molecule has 2 N–H and O–H groups in total. The number of nitrogens with one attached hydrogen (secondary N) is 2. The first-order valence-electron chi connectivity index (χ1n) is 10.3. The van der Waals surface area contributed by atoms with E-state index in [0.717, 1.165) is 50.1 Å². The Balaban J connectivity index is 0.00000341. The molecule has 31 heavy (non-hydrogen) atoms. The first-order chi connectivity index (χ1) is 14.6. The Bertz CT molecular complexity index is 837. The molecule has 8 nitrogen and oxygen atoms in total. The van der Waals surface area contributed by atoms with E-state index < -0.39 is 0 Å². The van der Waals surface area contributed by atoms with Crippen LogP contribution in [0.3, 0.4) is 0 Å². The van der Waals surface area contributed by atoms with E-state index in [2.05, 4.69) is 15.5 Å². The lowest BCUT2D eigenvalue weighted by Crippen LogP contribution is -2.40. The van der Waals surface area contributed by atoms with Crippen LogP contribution in [0, 0.1) is 6.92 Å². The van der Waals surface area contributed by atoms with Gasteiger partial charge in [0.15, 0.2) is 17.5 Å². The van der Waals surface area contributed by atoms with Crippen molar-refractivity contribution in [2.24, 2.45) is 4.99 Å². The van der Waals surface area contributed by atoms with Crippen molar-refractivity contribution in [2.75, 3.05) is 58.9 Å². The van der Waals surface area contributed by atoms with Gasteiger partial charge in [0.25, 0.3) is 0 Å². The summed E-state index contributed by atoms with van der Waals surface area (Å²) in [5.41, 5.74) is 0.865. The number of guanidine groups is 1. The Morgan fingerprint density at radius 3 is 2.48 bits per heavy atom. The highest BCUT2D eigenvalue weighted by Crippen LogP contribution is 2.30. The van der Waals surface area contributed by atoms with Crippen molar-refractivity contribution in [1.29, 1.82) is 0 Å². The van der Waals surface area contributed by atoms with Crippen LogP contribution in [-0.2, 0) is 4.74 Å². The van der Waals surface area contributed by atoms with Crippen molar-refractivity contribution in [2.45, 2.75) is 19.9 Å². The minimum atomic E-state index is 0. The fourth-order valence-electron chi connectivity index (χ4n) is 3.44. The lowest BCUT2D eigenvalue weighted by Gasteiger charge is -2.32. The van der Waals surface area contributed by atoms with Crippen molar-refractivity contribution in [3.05, 3.63) is 41.9 Å². The summed E-state index contributed by atoms with van der Waals surface area (Å²) in [6.07, 6.45) is 0. The molecule has 0 spiro atoms. The summed E-state index contributed by atoms with van der Waals surface area (Å²) < 4.78 is 22.2. The lowest BCUT2D eigenvalue weighted by molar-refractivity contribution is 0.0135. The molecule has 1 aliphatic heterocycles. The molecule has 1 aromatic carbocycles. The molecule has 1 atom stereocenters. The van der Waals surface area contributed by atoms with Crippen molar-refractivity contribution < 1.29 is 18.6 Å². The lowest BCUT2D eigenvalue weighted by atomic mass is 10.1. The van der Waals surface area contributed by atoms with Crippen LogP contribution in [0.5, 0.6) is 11.5 Å². The third-order valence-corrected chi connectivity index (χ3v) is 4.99. The van der Waals surface area contributed by atoms with E-state index in [-0.39, 0.29) is 30.0 Å². The molecular formula is C22H33IN4O4. The zero-order valence-corrected chi connectivity index (χ0v) is 21.0. The van der Waals surface area contributed by atoms with Gasteiger partial charge in [-0.25, -0.2) is 0 Å². The van der Waals surface area contributed by atoms with Crippen LogP contribution in [0.1, 0.15) is 24.5 Å². The maximum absolute atomic E-state index is 5.94. The van der Waals surface area contributed by atoms with Gasteiger partial charge in [0.05, 0.1) is 40.0 Å². The number of methoxy groups -OCH3 is 2. The molecule has 0 radical (unpaired) electrons. The molecule has 2 aromatic rings. The van der Waals surface area contributed by atoms with E-state index in [1.54, 1.807) is 14.2 Å². The largest absolute Gasteiger partial charge is 0.493 e. The number of hydrogen-bond acceptors (Lipinski definition) is 6. The van der Waals surface area contributed by atoms with E-state index in [0.29, 0.717) is 24.0 Å². The number of furan rings is 1. The first kappa shape index (κ1) is 25.3. The van der Waals surface area contributed by atoms with Crippen LogP contribution >= 0.6 is 24.0 Å². The van der Waals surface area contributed by atoms with Crippen molar-refractivity contribution in [1.82, 2.24) is 10.2 Å². The second-order valence-corrected chi connectivity index (χ2v) is 7.03. The molecular weight excluding hydrogens is 511 g/mol. The normalized spacial score (nSPS) is 15.7. The number of anilines is 1. The van der Waals surface area contributed by atoms with Gasteiger partial charge in [0, 0.05) is 31.4 Å². The molecule has 3 rings (SSSR count). The number of ether oxygens (including phenoxy) is 3. The number of morpholine rings is 1. The fourth-order valence-corrected chi connectivity index (χ4v) is 3.44. The molecule has 1 aromatic heterocycles. The second-order valence-electron chi connectivity index (χ2n) is 7.03. The quantitative estimate of drug-likeness (QED) is 0.298. The van der Waals surface area contributed by atoms with Crippen molar-refractivity contribution in [3.63, 3.8) is 0 Å². The maximum atomic E-state index is 5.94.